The minimum absolute atomic E-state index is 0.0207. The highest BCUT2D eigenvalue weighted by Crippen LogP contribution is 2.33. The minimum Gasteiger partial charge on any atom is -0.330 e. The molecule has 2 heterocycles. The van der Waals surface area contributed by atoms with Crippen LogP contribution in [0.3, 0.4) is 0 Å². The summed E-state index contributed by atoms with van der Waals surface area (Å²) in [5.74, 6) is 0.0207. The van der Waals surface area contributed by atoms with Gasteiger partial charge in [-0.2, -0.15) is 0 Å². The average Bonchev–Trinajstić information content (AvgIpc) is 3.16. The normalized spacial score (nSPS) is 18.4. The molecule has 5 heteroatoms. The Morgan fingerprint density at radius 1 is 1.40 bits per heavy atom. The Labute approximate surface area is 122 Å². The summed E-state index contributed by atoms with van der Waals surface area (Å²) in [7, 11) is 0. The van der Waals surface area contributed by atoms with Gasteiger partial charge in [0.2, 0.25) is 0 Å². The molecule has 2 N–H and O–H groups in total. The number of aromatic nitrogens is 1. The summed E-state index contributed by atoms with van der Waals surface area (Å²) >= 11 is 1.45. The summed E-state index contributed by atoms with van der Waals surface area (Å²) in [6, 6.07) is 10.4. The van der Waals surface area contributed by atoms with E-state index in [2.05, 4.69) is 17.1 Å². The number of likely N-dealkylation sites (tertiary alicyclic amines) is 1. The van der Waals surface area contributed by atoms with Crippen molar-refractivity contribution < 1.29 is 4.79 Å². The highest BCUT2D eigenvalue weighted by Gasteiger charge is 2.31. The van der Waals surface area contributed by atoms with Crippen LogP contribution in [0.4, 0.5) is 0 Å². The quantitative estimate of drug-likeness (QED) is 0.944. The Morgan fingerprint density at radius 2 is 2.20 bits per heavy atom. The number of carbonyl (C=O) groups is 1. The Balaban J connectivity index is 1.83. The van der Waals surface area contributed by atoms with Gasteiger partial charge >= 0.3 is 0 Å². The first-order valence-corrected chi connectivity index (χ1v) is 7.68. The third kappa shape index (κ3) is 2.46. The van der Waals surface area contributed by atoms with Crippen molar-refractivity contribution in [3.05, 3.63) is 52.0 Å². The lowest BCUT2D eigenvalue weighted by Gasteiger charge is -2.24. The van der Waals surface area contributed by atoms with E-state index in [0.717, 1.165) is 24.4 Å². The molecule has 20 heavy (non-hydrogen) atoms. The number of nitrogens with zero attached hydrogens (tertiary/aromatic N) is 2. The van der Waals surface area contributed by atoms with E-state index in [0.29, 0.717) is 12.2 Å². The first-order chi connectivity index (χ1) is 9.79. The zero-order chi connectivity index (χ0) is 13.9. The molecule has 1 aromatic carbocycles. The lowest BCUT2D eigenvalue weighted by atomic mass is 10.0. The summed E-state index contributed by atoms with van der Waals surface area (Å²) in [5, 5.41) is 2.62. The number of hydrogen-bond acceptors (Lipinski definition) is 4. The van der Waals surface area contributed by atoms with E-state index in [1.165, 1.54) is 16.9 Å². The number of nitrogens with two attached hydrogens (primary N) is 1. The van der Waals surface area contributed by atoms with E-state index >= 15 is 0 Å². The third-order valence-electron chi connectivity index (χ3n) is 3.64. The number of rotatable bonds is 3. The maximum atomic E-state index is 12.6. The molecule has 1 unspecified atom stereocenters. The van der Waals surface area contributed by atoms with Gasteiger partial charge < -0.3 is 10.6 Å². The molecule has 0 spiro atoms. The molecule has 3 rings (SSSR count). The van der Waals surface area contributed by atoms with Crippen LogP contribution in [0.25, 0.3) is 0 Å². The van der Waals surface area contributed by atoms with E-state index in [1.54, 1.807) is 0 Å². The molecule has 1 aromatic heterocycles. The summed E-state index contributed by atoms with van der Waals surface area (Å²) in [6.45, 7) is 1.19. The second kappa shape index (κ2) is 5.73. The van der Waals surface area contributed by atoms with E-state index in [1.807, 2.05) is 28.5 Å². The smallest absolute Gasteiger partial charge is 0.273 e. The van der Waals surface area contributed by atoms with Gasteiger partial charge in [-0.1, -0.05) is 30.3 Å². The minimum atomic E-state index is 0.0207. The van der Waals surface area contributed by atoms with Crippen LogP contribution < -0.4 is 5.73 Å². The van der Waals surface area contributed by atoms with Gasteiger partial charge in [0.05, 0.1) is 6.04 Å². The molecule has 1 aliphatic heterocycles. The number of amides is 1. The van der Waals surface area contributed by atoms with Crippen molar-refractivity contribution in [3.8, 4) is 0 Å². The van der Waals surface area contributed by atoms with Crippen LogP contribution in [0.15, 0.2) is 35.7 Å². The van der Waals surface area contributed by atoms with Gasteiger partial charge in [0, 0.05) is 18.5 Å². The van der Waals surface area contributed by atoms with Crippen LogP contribution in [0, 0.1) is 0 Å². The summed E-state index contributed by atoms with van der Waals surface area (Å²) in [4.78, 5) is 18.8. The monoisotopic (exact) mass is 287 g/mol. The molecule has 0 aliphatic carbocycles. The number of benzene rings is 1. The van der Waals surface area contributed by atoms with E-state index in [4.69, 9.17) is 5.73 Å². The maximum absolute atomic E-state index is 12.6. The largest absolute Gasteiger partial charge is 0.330 e. The van der Waals surface area contributed by atoms with E-state index in [9.17, 15) is 4.79 Å². The van der Waals surface area contributed by atoms with Crippen molar-refractivity contribution >= 4 is 17.2 Å². The zero-order valence-electron chi connectivity index (χ0n) is 11.2. The van der Waals surface area contributed by atoms with Crippen molar-refractivity contribution in [2.45, 2.75) is 25.4 Å². The first kappa shape index (κ1) is 13.3. The fourth-order valence-corrected chi connectivity index (χ4v) is 3.33. The summed E-state index contributed by atoms with van der Waals surface area (Å²) < 4.78 is 0. The molecule has 1 aliphatic rings. The molecule has 1 saturated heterocycles. The Morgan fingerprint density at radius 3 is 2.90 bits per heavy atom. The van der Waals surface area contributed by atoms with Crippen LogP contribution in [0.1, 0.15) is 39.9 Å². The highest BCUT2D eigenvalue weighted by atomic mass is 32.1. The van der Waals surface area contributed by atoms with Crippen molar-refractivity contribution in [3.63, 3.8) is 0 Å². The molecule has 0 radical (unpaired) electrons. The third-order valence-corrected chi connectivity index (χ3v) is 4.51. The van der Waals surface area contributed by atoms with Gasteiger partial charge in [-0.25, -0.2) is 4.98 Å². The van der Waals surface area contributed by atoms with Gasteiger partial charge in [-0.15, -0.1) is 11.3 Å². The standard InChI is InChI=1S/C15H17N3OS/c16-9-14-17-12(10-20-14)15(19)18-8-4-7-13(18)11-5-2-1-3-6-11/h1-3,5-6,10,13H,4,7-9,16H2. The molecule has 0 bridgehead atoms. The topological polar surface area (TPSA) is 59.2 Å². The SMILES string of the molecule is NCc1nc(C(=O)N2CCCC2c2ccccc2)cs1. The Kier molecular flexibility index (Phi) is 3.80. The van der Waals surface area contributed by atoms with Crippen LogP contribution in [-0.2, 0) is 6.54 Å². The average molecular weight is 287 g/mol. The van der Waals surface area contributed by atoms with Gasteiger partial charge in [0.1, 0.15) is 10.7 Å². The lowest BCUT2D eigenvalue weighted by Crippen LogP contribution is -2.30. The van der Waals surface area contributed by atoms with Crippen LogP contribution in [0.2, 0.25) is 0 Å². The maximum Gasteiger partial charge on any atom is 0.273 e. The first-order valence-electron chi connectivity index (χ1n) is 6.80. The number of carbonyl (C=O) groups excluding carboxylic acids is 1. The van der Waals surface area contributed by atoms with Crippen LogP contribution >= 0.6 is 11.3 Å². The molecule has 0 saturated carbocycles. The predicted molar refractivity (Wildman–Crippen MR) is 79.5 cm³/mol. The van der Waals surface area contributed by atoms with Crippen molar-refractivity contribution in [2.24, 2.45) is 5.73 Å². The molecule has 2 aromatic rings. The highest BCUT2D eigenvalue weighted by molar-refractivity contribution is 7.09. The van der Waals surface area contributed by atoms with E-state index < -0.39 is 0 Å². The predicted octanol–water partition coefficient (Wildman–Crippen LogP) is 2.58. The van der Waals surface area contributed by atoms with Gasteiger partial charge in [0.15, 0.2) is 0 Å². The molecule has 1 amide bonds. The Hall–Kier alpha value is -1.72. The van der Waals surface area contributed by atoms with Crippen LogP contribution in [0.5, 0.6) is 0 Å². The molecule has 104 valence electrons. The van der Waals surface area contributed by atoms with E-state index in [-0.39, 0.29) is 11.9 Å². The van der Waals surface area contributed by atoms with Gasteiger partial charge in [0.25, 0.3) is 5.91 Å². The van der Waals surface area contributed by atoms with Gasteiger partial charge in [-0.3, -0.25) is 4.79 Å². The summed E-state index contributed by atoms with van der Waals surface area (Å²) in [5.41, 5.74) is 7.29. The number of thiazole rings is 1. The Bertz CT molecular complexity index is 596. The second-order valence-electron chi connectivity index (χ2n) is 4.90. The van der Waals surface area contributed by atoms with Crippen molar-refractivity contribution in [1.82, 2.24) is 9.88 Å². The molecule has 1 fully saturated rings. The molecular weight excluding hydrogens is 270 g/mol. The molecular formula is C15H17N3OS. The second-order valence-corrected chi connectivity index (χ2v) is 5.84. The molecule has 4 nitrogen and oxygen atoms in total. The van der Waals surface area contributed by atoms with Crippen molar-refractivity contribution in [1.29, 1.82) is 0 Å². The van der Waals surface area contributed by atoms with Gasteiger partial charge in [-0.05, 0) is 18.4 Å². The fourth-order valence-electron chi connectivity index (χ4n) is 2.68. The van der Waals surface area contributed by atoms with Crippen LogP contribution in [-0.4, -0.2) is 22.3 Å². The zero-order valence-corrected chi connectivity index (χ0v) is 12.0. The number of hydrogen-bond donors (Lipinski definition) is 1. The van der Waals surface area contributed by atoms with Crippen molar-refractivity contribution in [2.75, 3.05) is 6.54 Å². The summed E-state index contributed by atoms with van der Waals surface area (Å²) in [6.07, 6.45) is 2.06. The lowest BCUT2D eigenvalue weighted by molar-refractivity contribution is 0.0730. The molecule has 1 atom stereocenters. The fraction of sp³-hybridized carbons (Fsp3) is 0.333.